The van der Waals surface area contributed by atoms with Gasteiger partial charge in [-0.1, -0.05) is 140 Å². The second-order valence-corrected chi connectivity index (χ2v) is 9.90. The molecule has 0 aromatic heterocycles. The Kier molecular flexibility index (Phi) is 9.69. The molecule has 0 radical (unpaired) electrons. The number of rotatable bonds is 15. The van der Waals surface area contributed by atoms with E-state index < -0.39 is 0 Å². The topological polar surface area (TPSA) is 0 Å². The maximum absolute atomic E-state index is 2.57. The van der Waals surface area contributed by atoms with E-state index in [1.807, 2.05) is 0 Å². The summed E-state index contributed by atoms with van der Waals surface area (Å²) in [5, 5.41) is 0. The van der Waals surface area contributed by atoms with Gasteiger partial charge >= 0.3 is 0 Å². The van der Waals surface area contributed by atoms with Crippen molar-refractivity contribution < 1.29 is 0 Å². The molecule has 0 saturated carbocycles. The summed E-state index contributed by atoms with van der Waals surface area (Å²) in [6.45, 7) is 6.92. The molecular weight excluding hydrogens is 372 g/mol. The van der Waals surface area contributed by atoms with Crippen LogP contribution in [0, 0.1) is 0 Å². The summed E-state index contributed by atoms with van der Waals surface area (Å²) in [5.41, 5.74) is 8.05. The van der Waals surface area contributed by atoms with Gasteiger partial charge in [0.1, 0.15) is 0 Å². The minimum Gasteiger partial charge on any atom is -0.0654 e. The molecule has 0 aliphatic heterocycles. The monoisotopic (exact) mass is 418 g/mol. The van der Waals surface area contributed by atoms with Gasteiger partial charge in [0.15, 0.2) is 0 Å². The largest absolute Gasteiger partial charge is 0.0654 e. The summed E-state index contributed by atoms with van der Waals surface area (Å²) in [5.74, 6) is 0. The first kappa shape index (κ1) is 24.1. The molecule has 0 bridgehead atoms. The van der Waals surface area contributed by atoms with Crippen LogP contribution in [0.2, 0.25) is 0 Å². The summed E-state index contributed by atoms with van der Waals surface area (Å²) < 4.78 is 0. The molecule has 0 heterocycles. The average Bonchev–Trinajstić information content (AvgIpc) is 3.08. The van der Waals surface area contributed by atoms with Crippen LogP contribution >= 0.6 is 0 Å². The number of hydrogen-bond donors (Lipinski definition) is 0. The van der Waals surface area contributed by atoms with Gasteiger partial charge < -0.3 is 0 Å². The number of benzene rings is 2. The zero-order chi connectivity index (χ0) is 21.9. The van der Waals surface area contributed by atoms with Crippen LogP contribution in [0.25, 0.3) is 11.1 Å². The molecule has 170 valence electrons. The van der Waals surface area contributed by atoms with Crippen molar-refractivity contribution in [3.63, 3.8) is 0 Å². The molecule has 0 spiro atoms. The number of hydrogen-bond acceptors (Lipinski definition) is 0. The van der Waals surface area contributed by atoms with E-state index in [2.05, 4.69) is 63.2 Å². The van der Waals surface area contributed by atoms with E-state index in [1.54, 1.807) is 11.1 Å². The Balaban J connectivity index is 1.83. The zero-order valence-electron chi connectivity index (χ0n) is 20.6. The lowest BCUT2D eigenvalue weighted by Crippen LogP contribution is -2.25. The summed E-state index contributed by atoms with van der Waals surface area (Å²) >= 11 is 0. The second kappa shape index (κ2) is 12.5. The van der Waals surface area contributed by atoms with Gasteiger partial charge in [0.2, 0.25) is 0 Å². The highest BCUT2D eigenvalue weighted by molar-refractivity contribution is 5.81. The van der Waals surface area contributed by atoms with Crippen LogP contribution in [-0.2, 0) is 11.8 Å². The third-order valence-corrected chi connectivity index (χ3v) is 7.65. The van der Waals surface area contributed by atoms with Crippen LogP contribution in [0.1, 0.15) is 127 Å². The highest BCUT2D eigenvalue weighted by Crippen LogP contribution is 2.54. The van der Waals surface area contributed by atoms with Crippen molar-refractivity contribution >= 4 is 0 Å². The first-order chi connectivity index (χ1) is 15.3. The van der Waals surface area contributed by atoms with Gasteiger partial charge in [0.25, 0.3) is 0 Å². The third-order valence-electron chi connectivity index (χ3n) is 7.65. The standard InChI is InChI=1S/C31H46/c1-4-7-9-11-13-17-23-31(24-18-14-12-10-8-5-2)29-20-16-15-19-27(29)28-22-21-26(6-3)25-30(28)31/h15-16,19-22,25H,4-14,17-18,23-24H2,1-3H3. The molecule has 0 fully saturated rings. The molecule has 2 aromatic rings. The Morgan fingerprint density at radius 2 is 1.10 bits per heavy atom. The number of unbranched alkanes of at least 4 members (excludes halogenated alkanes) is 10. The fraction of sp³-hybridized carbons (Fsp3) is 0.613. The lowest BCUT2D eigenvalue weighted by Gasteiger charge is -2.33. The molecule has 31 heavy (non-hydrogen) atoms. The minimum atomic E-state index is 0.243. The van der Waals surface area contributed by atoms with Gasteiger partial charge in [0.05, 0.1) is 0 Å². The maximum atomic E-state index is 2.57. The smallest absolute Gasteiger partial charge is 0.0215 e. The Bertz CT molecular complexity index is 768. The van der Waals surface area contributed by atoms with E-state index in [0.29, 0.717) is 0 Å². The van der Waals surface area contributed by atoms with Crippen LogP contribution in [0.3, 0.4) is 0 Å². The maximum Gasteiger partial charge on any atom is 0.0215 e. The van der Waals surface area contributed by atoms with Crippen LogP contribution in [0.15, 0.2) is 42.5 Å². The van der Waals surface area contributed by atoms with Crippen molar-refractivity contribution in [3.05, 3.63) is 59.2 Å². The van der Waals surface area contributed by atoms with Gasteiger partial charge in [-0.05, 0) is 47.1 Å². The molecule has 0 N–H and O–H groups in total. The number of fused-ring (bicyclic) bond motifs is 3. The molecule has 0 unspecified atom stereocenters. The molecular formula is C31H46. The molecule has 0 nitrogen and oxygen atoms in total. The van der Waals surface area contributed by atoms with Crippen molar-refractivity contribution in [2.75, 3.05) is 0 Å². The van der Waals surface area contributed by atoms with Crippen molar-refractivity contribution in [1.29, 1.82) is 0 Å². The van der Waals surface area contributed by atoms with Crippen LogP contribution in [0.5, 0.6) is 0 Å². The summed E-state index contributed by atoms with van der Waals surface area (Å²) in [7, 11) is 0. The minimum absolute atomic E-state index is 0.243. The van der Waals surface area contributed by atoms with Gasteiger partial charge in [-0.2, -0.15) is 0 Å². The molecule has 2 aromatic carbocycles. The van der Waals surface area contributed by atoms with Crippen molar-refractivity contribution in [1.82, 2.24) is 0 Å². The van der Waals surface area contributed by atoms with Crippen LogP contribution in [0.4, 0.5) is 0 Å². The molecule has 1 aliphatic rings. The predicted molar refractivity (Wildman–Crippen MR) is 138 cm³/mol. The predicted octanol–water partition coefficient (Wildman–Crippen LogP) is 10.0. The van der Waals surface area contributed by atoms with E-state index in [1.165, 1.54) is 107 Å². The normalized spacial score (nSPS) is 13.9. The van der Waals surface area contributed by atoms with E-state index in [9.17, 15) is 0 Å². The third kappa shape index (κ3) is 5.82. The lowest BCUT2D eigenvalue weighted by atomic mass is 9.70. The Hall–Kier alpha value is -1.56. The highest BCUT2D eigenvalue weighted by atomic mass is 14.4. The quantitative estimate of drug-likeness (QED) is 0.252. The van der Waals surface area contributed by atoms with E-state index >= 15 is 0 Å². The van der Waals surface area contributed by atoms with Crippen molar-refractivity contribution in [2.45, 2.75) is 122 Å². The SMILES string of the molecule is CCCCCCCCC1(CCCCCCCC)c2ccccc2-c2ccc(CC)cc21. The van der Waals surface area contributed by atoms with Gasteiger partial charge in [-0.25, -0.2) is 0 Å². The van der Waals surface area contributed by atoms with Gasteiger partial charge in [-0.15, -0.1) is 0 Å². The summed E-state index contributed by atoms with van der Waals surface area (Å²) in [6.07, 6.45) is 20.4. The Labute approximate surface area is 192 Å². The van der Waals surface area contributed by atoms with E-state index in [-0.39, 0.29) is 5.41 Å². The highest BCUT2D eigenvalue weighted by Gasteiger charge is 2.41. The first-order valence-corrected chi connectivity index (χ1v) is 13.5. The van der Waals surface area contributed by atoms with E-state index in [4.69, 9.17) is 0 Å². The Morgan fingerprint density at radius 1 is 0.548 bits per heavy atom. The van der Waals surface area contributed by atoms with Crippen LogP contribution in [-0.4, -0.2) is 0 Å². The lowest BCUT2D eigenvalue weighted by molar-refractivity contribution is 0.397. The molecule has 1 aliphatic carbocycles. The summed E-state index contributed by atoms with van der Waals surface area (Å²) in [4.78, 5) is 0. The van der Waals surface area contributed by atoms with E-state index in [0.717, 1.165) is 6.42 Å². The van der Waals surface area contributed by atoms with Crippen LogP contribution < -0.4 is 0 Å². The zero-order valence-corrected chi connectivity index (χ0v) is 20.6. The molecule has 3 rings (SSSR count). The number of aryl methyl sites for hydroxylation is 1. The van der Waals surface area contributed by atoms with Gasteiger partial charge in [0, 0.05) is 5.41 Å². The Morgan fingerprint density at radius 3 is 1.71 bits per heavy atom. The fourth-order valence-electron chi connectivity index (χ4n) is 5.80. The van der Waals surface area contributed by atoms with Crippen molar-refractivity contribution in [3.8, 4) is 11.1 Å². The first-order valence-electron chi connectivity index (χ1n) is 13.5. The second-order valence-electron chi connectivity index (χ2n) is 9.90. The molecule has 0 heteroatoms. The molecule has 0 amide bonds. The van der Waals surface area contributed by atoms with Gasteiger partial charge in [-0.3, -0.25) is 0 Å². The molecule has 0 saturated heterocycles. The fourth-order valence-corrected chi connectivity index (χ4v) is 5.80. The average molecular weight is 419 g/mol. The molecule has 0 atom stereocenters. The summed E-state index contributed by atoms with van der Waals surface area (Å²) in [6, 6.07) is 16.7. The van der Waals surface area contributed by atoms with Crippen molar-refractivity contribution in [2.24, 2.45) is 0 Å².